The molecule has 2 N–H and O–H groups in total. The number of nitrogens with one attached hydrogen (secondary N) is 2. The van der Waals surface area contributed by atoms with E-state index in [2.05, 4.69) is 15.4 Å². The number of benzene rings is 2. The molecule has 0 heterocycles. The fourth-order valence-corrected chi connectivity index (χ4v) is 2.24. The summed E-state index contributed by atoms with van der Waals surface area (Å²) in [5.41, 5.74) is 1.37. The van der Waals surface area contributed by atoms with E-state index in [9.17, 15) is 22.8 Å². The van der Waals surface area contributed by atoms with E-state index in [1.165, 1.54) is 12.1 Å². The molecule has 0 spiro atoms. The van der Waals surface area contributed by atoms with Crippen LogP contribution in [0.15, 0.2) is 48.5 Å². The number of hydrogen-bond donors (Lipinski definition) is 2. The molecule has 2 aromatic rings. The van der Waals surface area contributed by atoms with Crippen LogP contribution in [-0.2, 0) is 22.6 Å². The van der Waals surface area contributed by atoms with Gasteiger partial charge in [0.1, 0.15) is 11.5 Å². The van der Waals surface area contributed by atoms with E-state index < -0.39 is 12.3 Å². The Bertz CT molecular complexity index is 790. The van der Waals surface area contributed by atoms with Gasteiger partial charge >= 0.3 is 6.36 Å². The maximum Gasteiger partial charge on any atom is 0.573 e. The van der Waals surface area contributed by atoms with Crippen molar-refractivity contribution in [2.24, 2.45) is 0 Å². The summed E-state index contributed by atoms with van der Waals surface area (Å²) in [5.74, 6) is -0.447. The molecule has 0 aromatic heterocycles. The zero-order valence-corrected chi connectivity index (χ0v) is 15.0. The molecule has 0 unspecified atom stereocenters. The zero-order valence-electron chi connectivity index (χ0n) is 15.0. The van der Waals surface area contributed by atoms with Crippen molar-refractivity contribution in [1.82, 2.24) is 10.6 Å². The van der Waals surface area contributed by atoms with Crippen LogP contribution in [0, 0.1) is 0 Å². The molecule has 0 saturated heterocycles. The van der Waals surface area contributed by atoms with Crippen LogP contribution < -0.4 is 20.1 Å². The lowest BCUT2D eigenvalue weighted by atomic mass is 10.1. The molecular weight excluding hydrogens is 377 g/mol. The van der Waals surface area contributed by atoms with Gasteiger partial charge in [-0.25, -0.2) is 0 Å². The van der Waals surface area contributed by atoms with E-state index in [4.69, 9.17) is 4.74 Å². The van der Waals surface area contributed by atoms with Crippen molar-refractivity contribution in [1.29, 1.82) is 0 Å². The van der Waals surface area contributed by atoms with Crippen molar-refractivity contribution < 1.29 is 32.2 Å². The van der Waals surface area contributed by atoms with Gasteiger partial charge < -0.3 is 20.1 Å². The summed E-state index contributed by atoms with van der Waals surface area (Å²) in [6, 6.07) is 12.1. The monoisotopic (exact) mass is 396 g/mol. The first-order valence-electron chi connectivity index (χ1n) is 8.26. The van der Waals surface area contributed by atoms with Gasteiger partial charge in [0.15, 0.2) is 0 Å². The van der Waals surface area contributed by atoms with Crippen LogP contribution in [0.4, 0.5) is 13.2 Å². The Morgan fingerprint density at radius 2 is 1.43 bits per heavy atom. The van der Waals surface area contributed by atoms with E-state index >= 15 is 0 Å². The summed E-state index contributed by atoms with van der Waals surface area (Å²) in [5, 5.41) is 5.12. The first kappa shape index (κ1) is 21.1. The van der Waals surface area contributed by atoms with Gasteiger partial charge in [-0.2, -0.15) is 0 Å². The Morgan fingerprint density at radius 1 is 0.857 bits per heavy atom. The third-order valence-corrected chi connectivity index (χ3v) is 3.62. The average Bonchev–Trinajstić information content (AvgIpc) is 2.65. The summed E-state index contributed by atoms with van der Waals surface area (Å²) in [4.78, 5) is 23.7. The highest BCUT2D eigenvalue weighted by atomic mass is 19.4. The Kier molecular flexibility index (Phi) is 7.25. The number of halogens is 3. The van der Waals surface area contributed by atoms with Crippen LogP contribution in [0.3, 0.4) is 0 Å². The predicted octanol–water partition coefficient (Wildman–Crippen LogP) is 2.57. The van der Waals surface area contributed by atoms with Gasteiger partial charge in [0.05, 0.1) is 20.1 Å². The molecule has 0 atom stereocenters. The number of carbonyl (C=O) groups is 2. The predicted molar refractivity (Wildman–Crippen MR) is 94.7 cm³/mol. The van der Waals surface area contributed by atoms with E-state index in [0.717, 1.165) is 17.7 Å². The zero-order chi connectivity index (χ0) is 20.6. The summed E-state index contributed by atoms with van der Waals surface area (Å²) in [6.45, 7) is 0.101. The smallest absolute Gasteiger partial charge is 0.497 e. The summed E-state index contributed by atoms with van der Waals surface area (Å²) >= 11 is 0. The summed E-state index contributed by atoms with van der Waals surface area (Å²) < 4.78 is 45.1. The van der Waals surface area contributed by atoms with Crippen LogP contribution in [-0.4, -0.2) is 31.8 Å². The van der Waals surface area contributed by atoms with Gasteiger partial charge in [0, 0.05) is 6.54 Å². The molecule has 0 fully saturated rings. The Balaban J connectivity index is 1.71. The molecule has 2 aromatic carbocycles. The second kappa shape index (κ2) is 9.63. The second-order valence-corrected chi connectivity index (χ2v) is 5.77. The van der Waals surface area contributed by atoms with Crippen molar-refractivity contribution in [2.45, 2.75) is 19.3 Å². The molecule has 0 aliphatic carbocycles. The third-order valence-electron chi connectivity index (χ3n) is 3.62. The number of methoxy groups -OCH3 is 1. The molecule has 6 nitrogen and oxygen atoms in total. The maximum absolute atomic E-state index is 12.1. The Morgan fingerprint density at radius 3 is 2.00 bits per heavy atom. The highest BCUT2D eigenvalue weighted by Crippen LogP contribution is 2.22. The van der Waals surface area contributed by atoms with Crippen molar-refractivity contribution in [3.63, 3.8) is 0 Å². The highest BCUT2D eigenvalue weighted by Gasteiger charge is 2.30. The van der Waals surface area contributed by atoms with Crippen molar-refractivity contribution in [3.05, 3.63) is 59.7 Å². The van der Waals surface area contributed by atoms with Crippen LogP contribution >= 0.6 is 0 Å². The quantitative estimate of drug-likeness (QED) is 0.719. The molecule has 0 bridgehead atoms. The number of alkyl halides is 3. The normalized spacial score (nSPS) is 10.9. The van der Waals surface area contributed by atoms with Crippen molar-refractivity contribution >= 4 is 11.8 Å². The molecule has 0 aliphatic rings. The minimum absolute atomic E-state index is 0.0714. The highest BCUT2D eigenvalue weighted by molar-refractivity contribution is 5.85. The SMILES string of the molecule is COc1ccc(CNC(=O)CNC(=O)Cc2ccc(OC(F)(F)F)cc2)cc1. The van der Waals surface area contributed by atoms with E-state index in [-0.39, 0.29) is 24.6 Å². The number of amides is 2. The molecule has 0 radical (unpaired) electrons. The second-order valence-electron chi connectivity index (χ2n) is 5.77. The van der Waals surface area contributed by atoms with Gasteiger partial charge in [-0.15, -0.1) is 13.2 Å². The molecule has 2 rings (SSSR count). The van der Waals surface area contributed by atoms with Gasteiger partial charge in [0.2, 0.25) is 11.8 Å². The van der Waals surface area contributed by atoms with E-state index in [1.807, 2.05) is 12.1 Å². The molecule has 0 saturated carbocycles. The van der Waals surface area contributed by atoms with Crippen LogP contribution in [0.1, 0.15) is 11.1 Å². The molecule has 0 aliphatic heterocycles. The van der Waals surface area contributed by atoms with Gasteiger partial charge in [-0.05, 0) is 35.4 Å². The van der Waals surface area contributed by atoms with Crippen molar-refractivity contribution in [2.75, 3.05) is 13.7 Å². The molecule has 9 heteroatoms. The third kappa shape index (κ3) is 7.56. The number of rotatable bonds is 8. The summed E-state index contributed by atoms with van der Waals surface area (Å²) in [6.07, 6.45) is -4.84. The Labute approximate surface area is 159 Å². The van der Waals surface area contributed by atoms with Crippen LogP contribution in [0.5, 0.6) is 11.5 Å². The number of hydrogen-bond acceptors (Lipinski definition) is 4. The van der Waals surface area contributed by atoms with Crippen molar-refractivity contribution in [3.8, 4) is 11.5 Å². The summed E-state index contributed by atoms with van der Waals surface area (Å²) in [7, 11) is 1.56. The fraction of sp³-hybridized carbons (Fsp3) is 0.263. The first-order chi connectivity index (χ1) is 13.2. The van der Waals surface area contributed by atoms with E-state index in [0.29, 0.717) is 17.9 Å². The largest absolute Gasteiger partial charge is 0.573 e. The Hall–Kier alpha value is -3.23. The molecule has 2 amide bonds. The standard InChI is InChI=1S/C19H19F3N2O4/c1-27-15-6-4-14(5-7-15)11-23-18(26)12-24-17(25)10-13-2-8-16(9-3-13)28-19(20,21)22/h2-9H,10-12H2,1H3,(H,23,26)(H,24,25). The van der Waals surface area contributed by atoms with Crippen LogP contribution in [0.25, 0.3) is 0 Å². The number of ether oxygens (including phenoxy) is 2. The maximum atomic E-state index is 12.1. The van der Waals surface area contributed by atoms with Gasteiger partial charge in [-0.3, -0.25) is 9.59 Å². The molecule has 150 valence electrons. The van der Waals surface area contributed by atoms with E-state index in [1.54, 1.807) is 19.2 Å². The lowest BCUT2D eigenvalue weighted by molar-refractivity contribution is -0.274. The minimum Gasteiger partial charge on any atom is -0.497 e. The minimum atomic E-state index is -4.77. The molecular formula is C19H19F3N2O4. The average molecular weight is 396 g/mol. The number of carbonyl (C=O) groups excluding carboxylic acids is 2. The van der Waals surface area contributed by atoms with Crippen LogP contribution in [0.2, 0.25) is 0 Å². The topological polar surface area (TPSA) is 76.7 Å². The fourth-order valence-electron chi connectivity index (χ4n) is 2.24. The first-order valence-corrected chi connectivity index (χ1v) is 8.26. The van der Waals surface area contributed by atoms with Gasteiger partial charge in [-0.1, -0.05) is 24.3 Å². The molecule has 28 heavy (non-hydrogen) atoms. The lowest BCUT2D eigenvalue weighted by Gasteiger charge is -2.10. The lowest BCUT2D eigenvalue weighted by Crippen LogP contribution is -2.37. The van der Waals surface area contributed by atoms with Gasteiger partial charge in [0.25, 0.3) is 0 Å².